The smallest absolute Gasteiger partial charge is 0.293 e. The number of carbonyl (C=O) groups is 2. The average molecular weight is 435 g/mol. The van der Waals surface area contributed by atoms with Gasteiger partial charge in [-0.15, -0.1) is 0 Å². The van der Waals surface area contributed by atoms with Crippen molar-refractivity contribution in [2.45, 2.75) is 0 Å². The van der Waals surface area contributed by atoms with Crippen LogP contribution in [-0.4, -0.2) is 25.3 Å². The van der Waals surface area contributed by atoms with Crippen molar-refractivity contribution < 1.29 is 18.7 Å². The second kappa shape index (κ2) is 8.93. The summed E-state index contributed by atoms with van der Waals surface area (Å²) < 4.78 is 10.9. The van der Waals surface area contributed by atoms with Crippen LogP contribution in [0, 0.1) is 0 Å². The Morgan fingerprint density at radius 2 is 1.68 bits per heavy atom. The van der Waals surface area contributed by atoms with E-state index < -0.39 is 5.91 Å². The van der Waals surface area contributed by atoms with Gasteiger partial charge in [-0.3, -0.25) is 9.59 Å². The van der Waals surface area contributed by atoms with Crippen LogP contribution < -0.4 is 15.4 Å². The molecular formula is C24H19ClN2O4. The number of anilines is 2. The van der Waals surface area contributed by atoms with Gasteiger partial charge in [-0.05, 0) is 60.7 Å². The summed E-state index contributed by atoms with van der Waals surface area (Å²) in [5, 5.41) is 7.16. The van der Waals surface area contributed by atoms with Crippen molar-refractivity contribution in [3.05, 3.63) is 89.1 Å². The van der Waals surface area contributed by atoms with Gasteiger partial charge in [-0.25, -0.2) is 0 Å². The Kier molecular flexibility index (Phi) is 5.91. The van der Waals surface area contributed by atoms with Crippen LogP contribution in [0.15, 0.2) is 77.2 Å². The van der Waals surface area contributed by atoms with E-state index in [4.69, 9.17) is 20.8 Å². The minimum atomic E-state index is -0.428. The standard InChI is InChI=1S/C24H19ClN2O4/c1-30-18-12-10-17(11-13-18)27-24(29)23-22(19-4-2-3-5-21(19)31-23)26-14-20(28)15-6-8-16(25)9-7-15/h2-13,26H,14H2,1H3,(H,27,29). The van der Waals surface area contributed by atoms with E-state index in [0.29, 0.717) is 38.7 Å². The Hall–Kier alpha value is -3.77. The fraction of sp³-hybridized carbons (Fsp3) is 0.0833. The molecule has 6 nitrogen and oxygen atoms in total. The number of carbonyl (C=O) groups excluding carboxylic acids is 2. The van der Waals surface area contributed by atoms with E-state index in [1.165, 1.54) is 0 Å². The Morgan fingerprint density at radius 3 is 2.39 bits per heavy atom. The third-order valence-electron chi connectivity index (χ3n) is 4.74. The highest BCUT2D eigenvalue weighted by atomic mass is 35.5. The Bertz CT molecular complexity index is 1230. The maximum Gasteiger partial charge on any atom is 0.293 e. The van der Waals surface area contributed by atoms with Gasteiger partial charge in [-0.2, -0.15) is 0 Å². The van der Waals surface area contributed by atoms with Crippen LogP contribution in [0.3, 0.4) is 0 Å². The van der Waals surface area contributed by atoms with Crippen molar-refractivity contribution in [3.63, 3.8) is 0 Å². The number of ether oxygens (including phenoxy) is 1. The zero-order chi connectivity index (χ0) is 21.8. The summed E-state index contributed by atoms with van der Waals surface area (Å²) >= 11 is 5.89. The Morgan fingerprint density at radius 1 is 0.968 bits per heavy atom. The molecule has 0 radical (unpaired) electrons. The predicted molar refractivity (Wildman–Crippen MR) is 121 cm³/mol. The topological polar surface area (TPSA) is 80.6 Å². The molecule has 2 N–H and O–H groups in total. The molecule has 0 aliphatic carbocycles. The second-order valence-corrected chi connectivity index (χ2v) is 7.21. The molecule has 31 heavy (non-hydrogen) atoms. The average Bonchev–Trinajstić information content (AvgIpc) is 3.17. The quantitative estimate of drug-likeness (QED) is 0.368. The van der Waals surface area contributed by atoms with Crippen LogP contribution in [0.25, 0.3) is 11.0 Å². The predicted octanol–water partition coefficient (Wildman–Crippen LogP) is 5.64. The largest absolute Gasteiger partial charge is 0.497 e. The summed E-state index contributed by atoms with van der Waals surface area (Å²) in [5.74, 6) is 0.219. The molecule has 0 saturated heterocycles. The highest BCUT2D eigenvalue weighted by molar-refractivity contribution is 6.30. The van der Waals surface area contributed by atoms with Crippen LogP contribution in [-0.2, 0) is 0 Å². The number of Topliss-reactive ketones (excluding diaryl/α,β-unsaturated/α-hetero) is 1. The summed E-state index contributed by atoms with van der Waals surface area (Å²) in [6.45, 7) is -0.00598. The van der Waals surface area contributed by atoms with Gasteiger partial charge in [0.2, 0.25) is 5.76 Å². The van der Waals surface area contributed by atoms with E-state index in [0.717, 1.165) is 0 Å². The molecule has 4 aromatic rings. The first-order valence-electron chi connectivity index (χ1n) is 9.55. The summed E-state index contributed by atoms with van der Waals surface area (Å²) in [6, 6.07) is 20.9. The first-order valence-corrected chi connectivity index (χ1v) is 9.92. The number of nitrogens with one attached hydrogen (secondary N) is 2. The van der Waals surface area contributed by atoms with Crippen molar-refractivity contribution in [1.82, 2.24) is 0 Å². The number of fused-ring (bicyclic) bond motifs is 1. The SMILES string of the molecule is COc1ccc(NC(=O)c2oc3ccccc3c2NCC(=O)c2ccc(Cl)cc2)cc1. The molecule has 1 amide bonds. The van der Waals surface area contributed by atoms with Gasteiger partial charge in [-0.1, -0.05) is 23.7 Å². The van der Waals surface area contributed by atoms with Gasteiger partial charge in [0.05, 0.1) is 19.3 Å². The highest BCUT2D eigenvalue weighted by Crippen LogP contribution is 2.31. The molecule has 0 spiro atoms. The van der Waals surface area contributed by atoms with E-state index >= 15 is 0 Å². The third kappa shape index (κ3) is 4.54. The van der Waals surface area contributed by atoms with Gasteiger partial charge in [0.1, 0.15) is 11.3 Å². The fourth-order valence-electron chi connectivity index (χ4n) is 3.15. The summed E-state index contributed by atoms with van der Waals surface area (Å²) in [6.07, 6.45) is 0. The fourth-order valence-corrected chi connectivity index (χ4v) is 3.28. The van der Waals surface area contributed by atoms with Crippen molar-refractivity contribution >= 4 is 45.6 Å². The number of benzene rings is 3. The molecule has 0 bridgehead atoms. The number of halogens is 1. The zero-order valence-electron chi connectivity index (χ0n) is 16.6. The number of methoxy groups -OCH3 is 1. The molecule has 0 saturated carbocycles. The van der Waals surface area contributed by atoms with Crippen LogP contribution in [0.2, 0.25) is 5.02 Å². The van der Waals surface area contributed by atoms with Crippen molar-refractivity contribution in [1.29, 1.82) is 0 Å². The number of hydrogen-bond donors (Lipinski definition) is 2. The van der Waals surface area contributed by atoms with Gasteiger partial charge < -0.3 is 19.8 Å². The molecule has 1 heterocycles. The number of ketones is 1. The van der Waals surface area contributed by atoms with E-state index in [1.54, 1.807) is 61.7 Å². The van der Waals surface area contributed by atoms with Crippen LogP contribution in [0.5, 0.6) is 5.75 Å². The van der Waals surface area contributed by atoms with Crippen LogP contribution in [0.4, 0.5) is 11.4 Å². The van der Waals surface area contributed by atoms with Crippen LogP contribution >= 0.6 is 11.6 Å². The van der Waals surface area contributed by atoms with Gasteiger partial charge >= 0.3 is 0 Å². The van der Waals surface area contributed by atoms with Gasteiger partial charge in [0.25, 0.3) is 5.91 Å². The molecule has 0 fully saturated rings. The van der Waals surface area contributed by atoms with E-state index in [2.05, 4.69) is 10.6 Å². The summed E-state index contributed by atoms with van der Waals surface area (Å²) in [7, 11) is 1.57. The molecule has 0 aliphatic heterocycles. The number of hydrogen-bond acceptors (Lipinski definition) is 5. The number of amides is 1. The molecule has 156 valence electrons. The third-order valence-corrected chi connectivity index (χ3v) is 4.99. The first-order chi connectivity index (χ1) is 15.0. The summed E-state index contributed by atoms with van der Waals surface area (Å²) in [4.78, 5) is 25.5. The number of para-hydroxylation sites is 1. The van der Waals surface area contributed by atoms with Crippen molar-refractivity contribution in [3.8, 4) is 5.75 Å². The maximum atomic E-state index is 12.9. The van der Waals surface area contributed by atoms with Gasteiger partial charge in [0, 0.05) is 21.7 Å². The monoisotopic (exact) mass is 434 g/mol. The molecule has 7 heteroatoms. The minimum absolute atomic E-state index is 0.00598. The lowest BCUT2D eigenvalue weighted by Gasteiger charge is -2.08. The van der Waals surface area contributed by atoms with E-state index in [1.807, 2.05) is 18.2 Å². The zero-order valence-corrected chi connectivity index (χ0v) is 17.4. The van der Waals surface area contributed by atoms with E-state index in [-0.39, 0.29) is 18.1 Å². The minimum Gasteiger partial charge on any atom is -0.497 e. The molecule has 4 rings (SSSR count). The molecule has 0 aliphatic rings. The molecule has 3 aromatic carbocycles. The Labute approximate surface area is 183 Å². The molecule has 0 unspecified atom stereocenters. The number of furan rings is 1. The molecular weight excluding hydrogens is 416 g/mol. The second-order valence-electron chi connectivity index (χ2n) is 6.77. The Balaban J connectivity index is 1.58. The highest BCUT2D eigenvalue weighted by Gasteiger charge is 2.21. The van der Waals surface area contributed by atoms with E-state index in [9.17, 15) is 9.59 Å². The van der Waals surface area contributed by atoms with Crippen LogP contribution in [0.1, 0.15) is 20.9 Å². The lowest BCUT2D eigenvalue weighted by atomic mass is 10.1. The normalized spacial score (nSPS) is 10.6. The lowest BCUT2D eigenvalue weighted by Crippen LogP contribution is -2.17. The number of rotatable bonds is 7. The van der Waals surface area contributed by atoms with Gasteiger partial charge in [0.15, 0.2) is 5.78 Å². The molecule has 1 aromatic heterocycles. The van der Waals surface area contributed by atoms with Crippen molar-refractivity contribution in [2.24, 2.45) is 0 Å². The maximum absolute atomic E-state index is 12.9. The summed E-state index contributed by atoms with van der Waals surface area (Å²) in [5.41, 5.74) is 2.12. The first kappa shape index (κ1) is 20.5. The molecule has 0 atom stereocenters. The van der Waals surface area contributed by atoms with Crippen molar-refractivity contribution in [2.75, 3.05) is 24.3 Å². The lowest BCUT2D eigenvalue weighted by molar-refractivity contribution is 0.0991.